The number of nitrogens with one attached hydrogen (secondary N) is 1. The van der Waals surface area contributed by atoms with Crippen LogP contribution >= 0.6 is 11.6 Å². The summed E-state index contributed by atoms with van der Waals surface area (Å²) in [5.74, 6) is 0.544. The zero-order chi connectivity index (χ0) is 26.7. The minimum Gasteiger partial charge on any atom is -0.447 e. The van der Waals surface area contributed by atoms with Crippen LogP contribution in [0.1, 0.15) is 65.3 Å². The molecule has 0 spiro atoms. The highest BCUT2D eigenvalue weighted by atomic mass is 35.5. The van der Waals surface area contributed by atoms with Gasteiger partial charge in [-0.15, -0.1) is 0 Å². The molecule has 9 heteroatoms. The lowest BCUT2D eigenvalue weighted by Gasteiger charge is -2.28. The van der Waals surface area contributed by atoms with Crippen molar-refractivity contribution in [3.05, 3.63) is 87.3 Å². The number of fused-ring (bicyclic) bond motifs is 1. The van der Waals surface area contributed by atoms with E-state index in [1.165, 1.54) is 10.6 Å². The first-order chi connectivity index (χ1) is 18.1. The Morgan fingerprint density at radius 1 is 1.03 bits per heavy atom. The molecule has 1 aromatic heterocycles. The third kappa shape index (κ3) is 4.63. The van der Waals surface area contributed by atoms with E-state index < -0.39 is 21.5 Å². The lowest BCUT2D eigenvalue weighted by molar-refractivity contribution is -0.124. The van der Waals surface area contributed by atoms with Gasteiger partial charge in [0.2, 0.25) is 15.9 Å². The fourth-order valence-electron chi connectivity index (χ4n) is 5.85. The van der Waals surface area contributed by atoms with Crippen LogP contribution in [0.2, 0.25) is 5.22 Å². The molecule has 0 radical (unpaired) electrons. The highest BCUT2D eigenvalue weighted by Gasteiger charge is 2.52. The predicted octanol–water partition coefficient (Wildman–Crippen LogP) is 5.05. The number of hydrogen-bond donors (Lipinski definition) is 1. The molecule has 200 valence electrons. The predicted molar refractivity (Wildman–Crippen MR) is 148 cm³/mol. The van der Waals surface area contributed by atoms with Gasteiger partial charge in [0.05, 0.1) is 11.7 Å². The zero-order valence-corrected chi connectivity index (χ0v) is 23.2. The van der Waals surface area contributed by atoms with Gasteiger partial charge >= 0.3 is 0 Å². The quantitative estimate of drug-likeness (QED) is 0.442. The van der Waals surface area contributed by atoms with Crippen LogP contribution in [0.3, 0.4) is 0 Å². The number of anilines is 1. The third-order valence-corrected chi connectivity index (χ3v) is 9.60. The lowest BCUT2D eigenvalue weighted by Crippen LogP contribution is -2.38. The van der Waals surface area contributed by atoms with E-state index in [4.69, 9.17) is 16.0 Å². The Morgan fingerprint density at radius 2 is 1.76 bits per heavy atom. The van der Waals surface area contributed by atoms with Crippen molar-refractivity contribution >= 4 is 33.2 Å². The summed E-state index contributed by atoms with van der Waals surface area (Å²) in [6.45, 7) is 4.77. The maximum Gasteiger partial charge on any atom is 0.231 e. The van der Waals surface area contributed by atoms with Gasteiger partial charge in [0.15, 0.2) is 5.22 Å². The number of furan rings is 1. The second-order valence-corrected chi connectivity index (χ2v) is 13.3. The molecule has 1 amide bonds. The Morgan fingerprint density at radius 3 is 2.42 bits per heavy atom. The highest BCUT2D eigenvalue weighted by Crippen LogP contribution is 2.50. The number of benzene rings is 2. The highest BCUT2D eigenvalue weighted by molar-refractivity contribution is 7.88. The molecule has 2 fully saturated rings. The maximum atomic E-state index is 14.0. The summed E-state index contributed by atoms with van der Waals surface area (Å²) in [5, 5.41) is 3.61. The van der Waals surface area contributed by atoms with Crippen LogP contribution in [0.5, 0.6) is 0 Å². The first kappa shape index (κ1) is 25.5. The van der Waals surface area contributed by atoms with Crippen LogP contribution in [-0.4, -0.2) is 38.0 Å². The molecular formula is C29H32ClN3O4S. The van der Waals surface area contributed by atoms with Gasteiger partial charge in [-0.05, 0) is 84.7 Å². The molecule has 1 unspecified atom stereocenters. The number of carbonyl (C=O) groups is 1. The number of sulfonamides is 1. The zero-order valence-electron chi connectivity index (χ0n) is 21.7. The van der Waals surface area contributed by atoms with Gasteiger partial charge in [0.1, 0.15) is 11.8 Å². The number of amides is 1. The van der Waals surface area contributed by atoms with Crippen molar-refractivity contribution in [2.24, 2.45) is 0 Å². The maximum absolute atomic E-state index is 14.0. The SMILES string of the molecule is Cc1ccc(C(NC(=O)C2(c3ccc4c(c3)CN(S(C)(=O)=O)C4)CC2)c2ccc(Cl)o2)c(N2CCCC2)c1. The fraction of sp³-hybridized carbons (Fsp3) is 0.414. The van der Waals surface area contributed by atoms with E-state index >= 15 is 0 Å². The van der Waals surface area contributed by atoms with Crippen molar-refractivity contribution in [2.75, 3.05) is 24.2 Å². The summed E-state index contributed by atoms with van der Waals surface area (Å²) >= 11 is 6.18. The first-order valence-electron chi connectivity index (χ1n) is 13.1. The largest absolute Gasteiger partial charge is 0.447 e. The fourth-order valence-corrected chi connectivity index (χ4v) is 6.75. The molecule has 7 nitrogen and oxygen atoms in total. The topological polar surface area (TPSA) is 82.9 Å². The van der Waals surface area contributed by atoms with E-state index in [0.29, 0.717) is 18.8 Å². The lowest BCUT2D eigenvalue weighted by atomic mass is 9.91. The average molecular weight is 554 g/mol. The number of carbonyl (C=O) groups excluding carboxylic acids is 1. The molecule has 3 aromatic rings. The minimum atomic E-state index is -3.28. The van der Waals surface area contributed by atoms with Crippen molar-refractivity contribution in [3.63, 3.8) is 0 Å². The molecule has 2 aromatic carbocycles. The van der Waals surface area contributed by atoms with Gasteiger partial charge in [-0.25, -0.2) is 8.42 Å². The van der Waals surface area contributed by atoms with E-state index in [9.17, 15) is 13.2 Å². The molecule has 3 aliphatic rings. The normalized spacial score (nSPS) is 19.4. The molecule has 2 aliphatic heterocycles. The standard InChI is InChI=1S/C29H32ClN3O4S/c1-19-5-8-23(24(15-19)32-13-3-4-14-32)27(25-9-10-26(30)37-25)31-28(34)29(11-12-29)22-7-6-20-17-33(38(2,35)36)18-21(20)16-22/h5-10,15-16,27H,3-4,11-14,17-18H2,1-2H3,(H,31,34). The molecule has 1 saturated carbocycles. The molecule has 6 rings (SSSR count). The molecule has 1 saturated heterocycles. The molecule has 0 bridgehead atoms. The Kier molecular flexibility index (Phi) is 6.32. The van der Waals surface area contributed by atoms with Crippen LogP contribution in [0.15, 0.2) is 52.9 Å². The smallest absolute Gasteiger partial charge is 0.231 e. The third-order valence-electron chi connectivity index (χ3n) is 8.20. The number of rotatable bonds is 7. The van der Waals surface area contributed by atoms with Gasteiger partial charge in [-0.3, -0.25) is 4.79 Å². The first-order valence-corrected chi connectivity index (χ1v) is 15.4. The molecule has 1 aliphatic carbocycles. The van der Waals surface area contributed by atoms with Gasteiger partial charge in [0.25, 0.3) is 0 Å². The summed E-state index contributed by atoms with van der Waals surface area (Å²) in [5.41, 5.74) is 5.53. The molecule has 1 atom stereocenters. The van der Waals surface area contributed by atoms with Crippen molar-refractivity contribution in [2.45, 2.75) is 57.2 Å². The van der Waals surface area contributed by atoms with Gasteiger partial charge < -0.3 is 14.6 Å². The summed E-state index contributed by atoms with van der Waals surface area (Å²) in [6, 6.07) is 15.4. The molecule has 3 heterocycles. The number of nitrogens with zero attached hydrogens (tertiary/aromatic N) is 2. The average Bonchev–Trinajstić information content (AvgIpc) is 3.22. The Labute approximate surface area is 228 Å². The minimum absolute atomic E-state index is 0.0547. The second kappa shape index (κ2) is 9.43. The van der Waals surface area contributed by atoms with Gasteiger partial charge in [0, 0.05) is 37.4 Å². The summed E-state index contributed by atoms with van der Waals surface area (Å²) in [7, 11) is -3.28. The van der Waals surface area contributed by atoms with Crippen molar-refractivity contribution < 1.29 is 17.6 Å². The van der Waals surface area contributed by atoms with Crippen LogP contribution in [0.4, 0.5) is 5.69 Å². The van der Waals surface area contributed by atoms with Crippen molar-refractivity contribution in [1.29, 1.82) is 0 Å². The molecule has 1 N–H and O–H groups in total. The molecule has 38 heavy (non-hydrogen) atoms. The number of halogens is 1. The van der Waals surface area contributed by atoms with Crippen LogP contribution in [-0.2, 0) is 33.3 Å². The molecular weight excluding hydrogens is 522 g/mol. The second-order valence-electron chi connectivity index (χ2n) is 10.9. The van der Waals surface area contributed by atoms with E-state index in [-0.39, 0.29) is 11.1 Å². The number of hydrogen-bond acceptors (Lipinski definition) is 5. The van der Waals surface area contributed by atoms with Crippen molar-refractivity contribution in [1.82, 2.24) is 9.62 Å². The van der Waals surface area contributed by atoms with Gasteiger partial charge in [-0.1, -0.05) is 30.3 Å². The van der Waals surface area contributed by atoms with Crippen molar-refractivity contribution in [3.8, 4) is 0 Å². The van der Waals surface area contributed by atoms with E-state index in [1.54, 1.807) is 6.07 Å². The Hall–Kier alpha value is -2.81. The Balaban J connectivity index is 1.33. The summed E-state index contributed by atoms with van der Waals surface area (Å²) in [4.78, 5) is 16.4. The summed E-state index contributed by atoms with van der Waals surface area (Å²) < 4.78 is 31.5. The number of aryl methyl sites for hydroxylation is 1. The van der Waals surface area contributed by atoms with Crippen LogP contribution < -0.4 is 10.2 Å². The van der Waals surface area contributed by atoms with E-state index in [1.807, 2.05) is 24.3 Å². The van der Waals surface area contributed by atoms with Crippen LogP contribution in [0, 0.1) is 6.92 Å². The Bertz CT molecular complexity index is 1510. The van der Waals surface area contributed by atoms with Crippen LogP contribution in [0.25, 0.3) is 0 Å². The van der Waals surface area contributed by atoms with Gasteiger partial charge in [-0.2, -0.15) is 4.31 Å². The van der Waals surface area contributed by atoms with E-state index in [2.05, 4.69) is 35.3 Å². The summed E-state index contributed by atoms with van der Waals surface area (Å²) in [6.07, 6.45) is 5.01. The monoisotopic (exact) mass is 553 g/mol. The van der Waals surface area contributed by atoms with E-state index in [0.717, 1.165) is 72.3 Å².